The Balaban J connectivity index is 1.76. The number of halogens is 1. The third kappa shape index (κ3) is 3.23. The van der Waals surface area contributed by atoms with Gasteiger partial charge in [0.2, 0.25) is 0 Å². The predicted molar refractivity (Wildman–Crippen MR) is 133 cm³/mol. The number of hydrogen-bond donors (Lipinski definition) is 2. The fourth-order valence-corrected chi connectivity index (χ4v) is 8.30. The maximum Gasteiger partial charge on any atom is 0.343 e. The van der Waals surface area contributed by atoms with E-state index in [1.807, 2.05) is 12.1 Å². The first kappa shape index (κ1) is 23.1. The molecule has 7 nitrogen and oxygen atoms in total. The molecule has 0 saturated carbocycles. The number of hydrogen-bond acceptors (Lipinski definition) is 6. The second-order valence-corrected chi connectivity index (χ2v) is 15.0. The summed E-state index contributed by atoms with van der Waals surface area (Å²) >= 11 is 5.97. The van der Waals surface area contributed by atoms with Crippen molar-refractivity contribution in [1.29, 1.82) is 0 Å². The Morgan fingerprint density at radius 1 is 1.26 bits per heavy atom. The van der Waals surface area contributed by atoms with Crippen molar-refractivity contribution >= 4 is 41.7 Å². The number of pyridine rings is 2. The fraction of sp³-hybridized carbons (Fsp3) is 0.400. The summed E-state index contributed by atoms with van der Waals surface area (Å²) in [5, 5.41) is 23.5. The van der Waals surface area contributed by atoms with Crippen molar-refractivity contribution in [2.45, 2.75) is 57.7 Å². The second kappa shape index (κ2) is 7.93. The molecule has 1 atom stereocenters. The molecular formula is C25H27ClN2O5Si. The maximum absolute atomic E-state index is 13.4. The Bertz CT molecular complexity index is 1420. The van der Waals surface area contributed by atoms with E-state index in [2.05, 4.69) is 13.1 Å². The van der Waals surface area contributed by atoms with Crippen LogP contribution in [0.25, 0.3) is 22.3 Å². The first-order valence-electron chi connectivity index (χ1n) is 11.5. The van der Waals surface area contributed by atoms with Crippen LogP contribution in [0.4, 0.5) is 0 Å². The summed E-state index contributed by atoms with van der Waals surface area (Å²) < 4.78 is 6.75. The predicted octanol–water partition coefficient (Wildman–Crippen LogP) is 3.33. The second-order valence-electron chi connectivity index (χ2n) is 9.80. The zero-order valence-corrected chi connectivity index (χ0v) is 21.2. The van der Waals surface area contributed by atoms with Crippen LogP contribution in [0.3, 0.4) is 0 Å². The van der Waals surface area contributed by atoms with Gasteiger partial charge in [0.15, 0.2) is 5.60 Å². The number of cyclic esters (lactones) is 1. The summed E-state index contributed by atoms with van der Waals surface area (Å²) in [6.07, 6.45) is 1.00. The van der Waals surface area contributed by atoms with E-state index in [1.54, 1.807) is 23.6 Å². The van der Waals surface area contributed by atoms with Gasteiger partial charge in [0, 0.05) is 22.4 Å². The first-order valence-corrected chi connectivity index (χ1v) is 15.3. The molecular weight excluding hydrogens is 472 g/mol. The molecule has 0 saturated heterocycles. The molecule has 0 radical (unpaired) electrons. The van der Waals surface area contributed by atoms with Crippen LogP contribution in [0.2, 0.25) is 19.1 Å². The Morgan fingerprint density at radius 3 is 2.74 bits per heavy atom. The molecule has 0 spiro atoms. The number of aromatic nitrogens is 2. The molecule has 34 heavy (non-hydrogen) atoms. The quantitative estimate of drug-likeness (QED) is 0.248. The SMILES string of the molecule is CC[C@@]1(O)C(=O)OCc2c1cc1n(c2=O)Cc2cc3c(O)ccc([Si](C)(C)CCCCl)c3nc2-1. The number of fused-ring (bicyclic) bond motifs is 5. The van der Waals surface area contributed by atoms with E-state index in [0.717, 1.165) is 28.7 Å². The Kier molecular flexibility index (Phi) is 5.38. The third-order valence-electron chi connectivity index (χ3n) is 7.32. The first-order chi connectivity index (χ1) is 16.1. The van der Waals surface area contributed by atoms with Crippen molar-refractivity contribution in [3.8, 4) is 17.1 Å². The van der Waals surface area contributed by atoms with Crippen molar-refractivity contribution in [2.75, 3.05) is 5.88 Å². The van der Waals surface area contributed by atoms with Gasteiger partial charge in [-0.15, -0.1) is 11.6 Å². The highest BCUT2D eigenvalue weighted by molar-refractivity contribution is 6.91. The molecule has 0 amide bonds. The number of esters is 1. The largest absolute Gasteiger partial charge is 0.507 e. The van der Waals surface area contributed by atoms with Crippen LogP contribution in [-0.2, 0) is 28.3 Å². The standard InChI is InChI=1S/C25H27ClN2O5Si/c1-4-25(32)17-11-18-21-14(12-28(18)23(30)16(17)13-33-24(25)31)10-15-19(29)6-7-20(22(15)27-21)34(2,3)9-5-8-26/h6-7,10-11,29,32H,4-5,8-9,12-13H2,1-3H3/t25-/m0/s1. The number of aliphatic hydroxyl groups is 1. The minimum Gasteiger partial charge on any atom is -0.507 e. The van der Waals surface area contributed by atoms with E-state index < -0.39 is 19.6 Å². The number of ether oxygens (including phenoxy) is 1. The molecule has 0 aliphatic carbocycles. The summed E-state index contributed by atoms with van der Waals surface area (Å²) in [4.78, 5) is 30.8. The Morgan fingerprint density at radius 2 is 2.03 bits per heavy atom. The summed E-state index contributed by atoms with van der Waals surface area (Å²) in [5.41, 5.74) is 1.18. The maximum atomic E-state index is 13.4. The normalized spacial score (nSPS) is 19.0. The van der Waals surface area contributed by atoms with Crippen LogP contribution in [0.1, 0.15) is 36.5 Å². The number of nitrogens with zero attached hydrogens (tertiary/aromatic N) is 2. The molecule has 2 aliphatic rings. The van der Waals surface area contributed by atoms with Crippen molar-refractivity contribution in [3.05, 3.63) is 51.3 Å². The number of benzene rings is 1. The van der Waals surface area contributed by atoms with E-state index >= 15 is 0 Å². The van der Waals surface area contributed by atoms with E-state index in [1.165, 1.54) is 0 Å². The molecule has 0 unspecified atom stereocenters. The monoisotopic (exact) mass is 498 g/mol. The third-order valence-corrected chi connectivity index (χ3v) is 11.1. The van der Waals surface area contributed by atoms with Gasteiger partial charge < -0.3 is 19.5 Å². The van der Waals surface area contributed by atoms with Gasteiger partial charge >= 0.3 is 5.97 Å². The van der Waals surface area contributed by atoms with Crippen molar-refractivity contribution < 1.29 is 19.7 Å². The van der Waals surface area contributed by atoms with Gasteiger partial charge in [-0.2, -0.15) is 0 Å². The minimum atomic E-state index is -1.91. The molecule has 2 aliphatic heterocycles. The molecule has 4 heterocycles. The van der Waals surface area contributed by atoms with Gasteiger partial charge in [0.25, 0.3) is 5.56 Å². The Labute approximate surface area is 203 Å². The highest BCUT2D eigenvalue weighted by Crippen LogP contribution is 2.39. The van der Waals surface area contributed by atoms with Crippen molar-refractivity contribution in [1.82, 2.24) is 9.55 Å². The number of phenolic OH excluding ortho intramolecular Hbond substituents is 1. The van der Waals surface area contributed by atoms with Crippen LogP contribution in [0, 0.1) is 0 Å². The molecule has 9 heteroatoms. The van der Waals surface area contributed by atoms with E-state index in [0.29, 0.717) is 40.3 Å². The van der Waals surface area contributed by atoms with Gasteiger partial charge in [-0.3, -0.25) is 4.79 Å². The smallest absolute Gasteiger partial charge is 0.343 e. The summed E-state index contributed by atoms with van der Waals surface area (Å²) in [6, 6.07) is 8.28. The topological polar surface area (TPSA) is 102 Å². The average Bonchev–Trinajstić information content (AvgIpc) is 3.17. The van der Waals surface area contributed by atoms with Gasteiger partial charge in [-0.1, -0.05) is 32.1 Å². The molecule has 2 aromatic heterocycles. The molecule has 5 rings (SSSR count). The lowest BCUT2D eigenvalue weighted by Crippen LogP contribution is -2.44. The number of carbonyl (C=O) groups excluding carboxylic acids is 1. The fourth-order valence-electron chi connectivity index (χ4n) is 5.24. The zero-order valence-electron chi connectivity index (χ0n) is 19.4. The van der Waals surface area contributed by atoms with Crippen LogP contribution < -0.4 is 10.7 Å². The molecule has 178 valence electrons. The minimum absolute atomic E-state index is 0.0954. The molecule has 0 bridgehead atoms. The molecule has 0 fully saturated rings. The highest BCUT2D eigenvalue weighted by atomic mass is 35.5. The van der Waals surface area contributed by atoms with E-state index in [-0.39, 0.29) is 24.3 Å². The number of phenols is 1. The lowest BCUT2D eigenvalue weighted by Gasteiger charge is -2.31. The van der Waals surface area contributed by atoms with Crippen molar-refractivity contribution in [3.63, 3.8) is 0 Å². The molecule has 2 N–H and O–H groups in total. The van der Waals surface area contributed by atoms with Crippen LogP contribution in [0.5, 0.6) is 5.75 Å². The highest BCUT2D eigenvalue weighted by Gasteiger charge is 2.45. The van der Waals surface area contributed by atoms with E-state index in [4.69, 9.17) is 21.3 Å². The van der Waals surface area contributed by atoms with Crippen molar-refractivity contribution in [2.24, 2.45) is 0 Å². The number of aromatic hydroxyl groups is 1. The number of rotatable bonds is 5. The molecule has 3 aromatic rings. The van der Waals surface area contributed by atoms with Crippen LogP contribution in [0.15, 0.2) is 29.1 Å². The number of carbonyl (C=O) groups is 1. The summed E-state index contributed by atoms with van der Waals surface area (Å²) in [5.74, 6) is 0.00773. The zero-order chi connectivity index (χ0) is 24.4. The van der Waals surface area contributed by atoms with Gasteiger partial charge in [0.1, 0.15) is 12.4 Å². The number of alkyl halides is 1. The lowest BCUT2D eigenvalue weighted by molar-refractivity contribution is -0.172. The Hall–Kier alpha value is -2.68. The van der Waals surface area contributed by atoms with Gasteiger partial charge in [0.05, 0.1) is 37.1 Å². The van der Waals surface area contributed by atoms with E-state index in [9.17, 15) is 19.8 Å². The summed E-state index contributed by atoms with van der Waals surface area (Å²) in [6.45, 7) is 6.36. The van der Waals surface area contributed by atoms with Gasteiger partial charge in [-0.25, -0.2) is 9.78 Å². The lowest BCUT2D eigenvalue weighted by atomic mass is 9.86. The van der Waals surface area contributed by atoms with Crippen LogP contribution >= 0.6 is 11.6 Å². The van der Waals surface area contributed by atoms with Crippen LogP contribution in [-0.4, -0.2) is 39.7 Å². The summed E-state index contributed by atoms with van der Waals surface area (Å²) in [7, 11) is -1.91. The van der Waals surface area contributed by atoms with Gasteiger partial charge in [-0.05, 0) is 36.2 Å². The average molecular weight is 499 g/mol. The molecule has 1 aromatic carbocycles.